The first-order chi connectivity index (χ1) is 16.9. The first kappa shape index (κ1) is 24.2. The molecule has 35 heavy (non-hydrogen) atoms. The van der Waals surface area contributed by atoms with Gasteiger partial charge in [0, 0.05) is 48.7 Å². The summed E-state index contributed by atoms with van der Waals surface area (Å²) < 4.78 is 7.16. The predicted molar refractivity (Wildman–Crippen MR) is 133 cm³/mol. The number of anilines is 1. The number of thiophene rings is 1. The summed E-state index contributed by atoms with van der Waals surface area (Å²) in [6.45, 7) is 2.56. The minimum Gasteiger partial charge on any atom is -0.449 e. The SMILES string of the molecule is Cc1nn(C)cc1CNC(=O)OCC1CCc2c(sc(NC(=O)C=Cc3cccnc3)c2C#N)C1. The van der Waals surface area contributed by atoms with E-state index in [1.54, 1.807) is 29.2 Å². The first-order valence-electron chi connectivity index (χ1n) is 11.3. The molecule has 0 aromatic carbocycles. The summed E-state index contributed by atoms with van der Waals surface area (Å²) in [5.41, 5.74) is 4.14. The highest BCUT2D eigenvalue weighted by atomic mass is 32.1. The second-order valence-corrected chi connectivity index (χ2v) is 9.51. The van der Waals surface area contributed by atoms with Gasteiger partial charge in [-0.15, -0.1) is 11.3 Å². The third kappa shape index (κ3) is 6.13. The van der Waals surface area contributed by atoms with Crippen LogP contribution in [0.4, 0.5) is 9.80 Å². The third-order valence-corrected chi connectivity index (χ3v) is 6.99. The monoisotopic (exact) mass is 490 g/mol. The Morgan fingerprint density at radius 1 is 1.43 bits per heavy atom. The molecule has 1 unspecified atom stereocenters. The lowest BCUT2D eigenvalue weighted by Gasteiger charge is -2.21. The molecule has 3 aromatic heterocycles. The Morgan fingerprint density at radius 2 is 2.29 bits per heavy atom. The van der Waals surface area contributed by atoms with Crippen molar-refractivity contribution in [2.24, 2.45) is 13.0 Å². The van der Waals surface area contributed by atoms with Crippen molar-refractivity contribution in [2.75, 3.05) is 11.9 Å². The molecular weight excluding hydrogens is 464 g/mol. The zero-order valence-electron chi connectivity index (χ0n) is 19.6. The van der Waals surface area contributed by atoms with Crippen molar-refractivity contribution in [1.29, 1.82) is 5.26 Å². The molecule has 10 heteroatoms. The fraction of sp³-hybridized carbons (Fsp3) is 0.320. The quantitative estimate of drug-likeness (QED) is 0.487. The first-order valence-corrected chi connectivity index (χ1v) is 12.1. The summed E-state index contributed by atoms with van der Waals surface area (Å²) in [4.78, 5) is 29.6. The summed E-state index contributed by atoms with van der Waals surface area (Å²) in [6, 6.07) is 5.89. The van der Waals surface area contributed by atoms with Crippen LogP contribution in [-0.4, -0.2) is 33.4 Å². The highest BCUT2D eigenvalue weighted by molar-refractivity contribution is 7.16. The number of fused-ring (bicyclic) bond motifs is 1. The number of nitrogens with zero attached hydrogens (tertiary/aromatic N) is 4. The van der Waals surface area contributed by atoms with Crippen LogP contribution >= 0.6 is 11.3 Å². The van der Waals surface area contributed by atoms with Crippen molar-refractivity contribution in [2.45, 2.75) is 32.7 Å². The van der Waals surface area contributed by atoms with Crippen LogP contribution < -0.4 is 10.6 Å². The number of carbonyl (C=O) groups excluding carboxylic acids is 2. The number of rotatable bonds is 7. The van der Waals surface area contributed by atoms with E-state index in [0.717, 1.165) is 33.7 Å². The van der Waals surface area contributed by atoms with E-state index in [1.807, 2.05) is 26.2 Å². The summed E-state index contributed by atoms with van der Waals surface area (Å²) in [7, 11) is 1.84. The van der Waals surface area contributed by atoms with Crippen molar-refractivity contribution in [3.8, 4) is 6.07 Å². The zero-order valence-corrected chi connectivity index (χ0v) is 20.4. The maximum absolute atomic E-state index is 12.4. The molecule has 2 N–H and O–H groups in total. The van der Waals surface area contributed by atoms with Crippen LogP contribution in [0.15, 0.2) is 36.8 Å². The van der Waals surface area contributed by atoms with E-state index in [4.69, 9.17) is 4.74 Å². The Kier molecular flexibility index (Phi) is 7.57. The molecule has 0 aliphatic heterocycles. The van der Waals surface area contributed by atoms with Gasteiger partial charge >= 0.3 is 6.09 Å². The van der Waals surface area contributed by atoms with Crippen molar-refractivity contribution >= 4 is 34.4 Å². The minimum absolute atomic E-state index is 0.160. The standard InChI is InChI=1S/C25H26N6O3S/c1-16-19(14-31(2)30-16)13-28-25(33)34-15-18-5-7-20-21(11-26)24(35-22(20)10-18)29-23(32)8-6-17-4-3-9-27-12-17/h3-4,6,8-9,12,14,18H,5,7,10,13,15H2,1-2H3,(H,28,33)(H,29,32). The normalized spacial score (nSPS) is 14.8. The van der Waals surface area contributed by atoms with Gasteiger partial charge in [0.05, 0.1) is 17.9 Å². The second kappa shape index (κ2) is 11.0. The van der Waals surface area contributed by atoms with E-state index in [9.17, 15) is 14.9 Å². The van der Waals surface area contributed by atoms with E-state index >= 15 is 0 Å². The average molecular weight is 491 g/mol. The fourth-order valence-corrected chi connectivity index (χ4v) is 5.35. The molecule has 0 saturated heterocycles. The second-order valence-electron chi connectivity index (χ2n) is 8.40. The smallest absolute Gasteiger partial charge is 0.407 e. The molecule has 0 spiro atoms. The molecular formula is C25H26N6O3S. The molecule has 3 heterocycles. The molecule has 3 aromatic rings. The van der Waals surface area contributed by atoms with Gasteiger partial charge in [0.2, 0.25) is 5.91 Å². The summed E-state index contributed by atoms with van der Waals surface area (Å²) in [5, 5.41) is 20.1. The van der Waals surface area contributed by atoms with Crippen molar-refractivity contribution in [3.63, 3.8) is 0 Å². The van der Waals surface area contributed by atoms with E-state index in [1.165, 1.54) is 17.4 Å². The number of carbonyl (C=O) groups is 2. The summed E-state index contributed by atoms with van der Waals surface area (Å²) in [6.07, 6.45) is 10.1. The number of nitrogens with one attached hydrogen (secondary N) is 2. The van der Waals surface area contributed by atoms with Gasteiger partial charge in [-0.25, -0.2) is 4.79 Å². The average Bonchev–Trinajstić information content (AvgIpc) is 3.37. The molecule has 0 saturated carbocycles. The molecule has 0 radical (unpaired) electrons. The van der Waals surface area contributed by atoms with Gasteiger partial charge in [-0.2, -0.15) is 10.4 Å². The van der Waals surface area contributed by atoms with Gasteiger partial charge in [0.25, 0.3) is 0 Å². The summed E-state index contributed by atoms with van der Waals surface area (Å²) in [5.74, 6) is -0.142. The molecule has 1 aliphatic carbocycles. The van der Waals surface area contributed by atoms with Gasteiger partial charge in [-0.1, -0.05) is 6.07 Å². The Labute approximate surface area is 207 Å². The van der Waals surface area contributed by atoms with Gasteiger partial charge in [0.1, 0.15) is 11.1 Å². The molecule has 0 fully saturated rings. The van der Waals surface area contributed by atoms with Gasteiger partial charge in [0.15, 0.2) is 0 Å². The Hall–Kier alpha value is -3.97. The minimum atomic E-state index is -0.462. The van der Waals surface area contributed by atoms with E-state index in [2.05, 4.69) is 26.8 Å². The molecule has 4 rings (SSSR count). The predicted octanol–water partition coefficient (Wildman–Crippen LogP) is 3.74. The zero-order chi connectivity index (χ0) is 24.8. The van der Waals surface area contributed by atoms with Crippen LogP contribution in [0.5, 0.6) is 0 Å². The number of aryl methyl sites for hydroxylation is 2. The van der Waals surface area contributed by atoms with Crippen LogP contribution in [0, 0.1) is 24.2 Å². The number of aromatic nitrogens is 3. The number of nitriles is 1. The van der Waals surface area contributed by atoms with Crippen LogP contribution in [0.1, 0.15) is 39.2 Å². The Bertz CT molecular complexity index is 1290. The number of alkyl carbamates (subject to hydrolysis) is 1. The molecule has 180 valence electrons. The van der Waals surface area contributed by atoms with Crippen LogP contribution in [0.3, 0.4) is 0 Å². The number of pyridine rings is 1. The van der Waals surface area contributed by atoms with E-state index in [-0.39, 0.29) is 11.8 Å². The number of ether oxygens (including phenoxy) is 1. The van der Waals surface area contributed by atoms with Crippen LogP contribution in [0.2, 0.25) is 0 Å². The Balaban J connectivity index is 1.31. The molecule has 1 aliphatic rings. The molecule has 9 nitrogen and oxygen atoms in total. The summed E-state index contributed by atoms with van der Waals surface area (Å²) >= 11 is 1.42. The maximum atomic E-state index is 12.4. The van der Waals surface area contributed by atoms with Gasteiger partial charge in [-0.05, 0) is 55.4 Å². The van der Waals surface area contributed by atoms with Crippen LogP contribution in [0.25, 0.3) is 6.08 Å². The highest BCUT2D eigenvalue weighted by Gasteiger charge is 2.27. The number of hydrogen-bond donors (Lipinski definition) is 2. The fourth-order valence-electron chi connectivity index (χ4n) is 4.04. The van der Waals surface area contributed by atoms with E-state index < -0.39 is 6.09 Å². The number of hydrogen-bond acceptors (Lipinski definition) is 7. The lowest BCUT2D eigenvalue weighted by molar-refractivity contribution is -0.111. The maximum Gasteiger partial charge on any atom is 0.407 e. The van der Waals surface area contributed by atoms with Crippen molar-refractivity contribution in [3.05, 3.63) is 69.6 Å². The molecule has 0 bridgehead atoms. The lowest BCUT2D eigenvalue weighted by Crippen LogP contribution is -2.27. The van der Waals surface area contributed by atoms with Crippen molar-refractivity contribution < 1.29 is 14.3 Å². The van der Waals surface area contributed by atoms with Gasteiger partial charge in [-0.3, -0.25) is 14.5 Å². The van der Waals surface area contributed by atoms with Gasteiger partial charge < -0.3 is 15.4 Å². The van der Waals surface area contributed by atoms with Crippen molar-refractivity contribution in [1.82, 2.24) is 20.1 Å². The largest absolute Gasteiger partial charge is 0.449 e. The van der Waals surface area contributed by atoms with Crippen LogP contribution in [-0.2, 0) is 36.0 Å². The number of amides is 2. The topological polar surface area (TPSA) is 122 Å². The Morgan fingerprint density at radius 3 is 3.00 bits per heavy atom. The molecule has 2 amide bonds. The highest BCUT2D eigenvalue weighted by Crippen LogP contribution is 2.39. The third-order valence-electron chi connectivity index (χ3n) is 5.82. The van der Waals surface area contributed by atoms with E-state index in [0.29, 0.717) is 36.6 Å². The lowest BCUT2D eigenvalue weighted by atomic mass is 9.88. The molecule has 1 atom stereocenters.